The second-order valence-electron chi connectivity index (χ2n) is 5.21. The monoisotopic (exact) mass is 254 g/mol. The Kier molecular flexibility index (Phi) is 5.10. The van der Waals surface area contributed by atoms with Crippen LogP contribution in [0.2, 0.25) is 0 Å². The Bertz CT molecular complexity index is 538. The minimum absolute atomic E-state index is 0.716. The van der Waals surface area contributed by atoms with Crippen LogP contribution >= 0.6 is 0 Å². The zero-order valence-electron chi connectivity index (χ0n) is 11.8. The van der Waals surface area contributed by atoms with Crippen molar-refractivity contribution in [3.05, 3.63) is 48.2 Å². The SMILES string of the molecule is CC(C)CNCC/C=C/c1cccc2ncccc12. The van der Waals surface area contributed by atoms with Crippen LogP contribution in [0.15, 0.2) is 42.6 Å². The van der Waals surface area contributed by atoms with E-state index in [0.717, 1.165) is 25.0 Å². The van der Waals surface area contributed by atoms with Gasteiger partial charge in [-0.2, -0.15) is 0 Å². The van der Waals surface area contributed by atoms with Gasteiger partial charge >= 0.3 is 0 Å². The Balaban J connectivity index is 1.94. The van der Waals surface area contributed by atoms with Crippen molar-refractivity contribution in [1.82, 2.24) is 10.3 Å². The number of nitrogens with one attached hydrogen (secondary N) is 1. The topological polar surface area (TPSA) is 24.9 Å². The van der Waals surface area contributed by atoms with E-state index >= 15 is 0 Å². The summed E-state index contributed by atoms with van der Waals surface area (Å²) in [5.74, 6) is 0.716. The Hall–Kier alpha value is -1.67. The van der Waals surface area contributed by atoms with Crippen molar-refractivity contribution < 1.29 is 0 Å². The molecular weight excluding hydrogens is 232 g/mol. The predicted octanol–water partition coefficient (Wildman–Crippen LogP) is 3.88. The second kappa shape index (κ2) is 7.05. The van der Waals surface area contributed by atoms with E-state index in [-0.39, 0.29) is 0 Å². The molecular formula is C17H22N2. The molecule has 0 aliphatic heterocycles. The summed E-state index contributed by atoms with van der Waals surface area (Å²) in [6.07, 6.45) is 7.32. The molecule has 0 amide bonds. The first-order valence-electron chi connectivity index (χ1n) is 6.98. The molecule has 2 rings (SSSR count). The van der Waals surface area contributed by atoms with Crippen LogP contribution in [0.3, 0.4) is 0 Å². The van der Waals surface area contributed by atoms with E-state index in [0.29, 0.717) is 5.92 Å². The largest absolute Gasteiger partial charge is 0.316 e. The quantitative estimate of drug-likeness (QED) is 0.791. The van der Waals surface area contributed by atoms with Gasteiger partial charge in [0, 0.05) is 11.6 Å². The van der Waals surface area contributed by atoms with Crippen LogP contribution in [-0.4, -0.2) is 18.1 Å². The molecule has 1 heterocycles. The van der Waals surface area contributed by atoms with Gasteiger partial charge in [-0.1, -0.05) is 44.2 Å². The molecule has 0 aliphatic carbocycles. The lowest BCUT2D eigenvalue weighted by Crippen LogP contribution is -2.20. The highest BCUT2D eigenvalue weighted by Gasteiger charge is 1.97. The molecule has 1 aromatic heterocycles. The molecule has 0 saturated heterocycles. The van der Waals surface area contributed by atoms with Gasteiger partial charge in [-0.25, -0.2) is 0 Å². The van der Waals surface area contributed by atoms with E-state index in [1.54, 1.807) is 0 Å². The molecule has 0 aliphatic rings. The van der Waals surface area contributed by atoms with Crippen molar-refractivity contribution in [2.75, 3.05) is 13.1 Å². The highest BCUT2D eigenvalue weighted by atomic mass is 14.8. The smallest absolute Gasteiger partial charge is 0.0707 e. The molecule has 0 unspecified atom stereocenters. The van der Waals surface area contributed by atoms with Crippen molar-refractivity contribution in [3.8, 4) is 0 Å². The maximum Gasteiger partial charge on any atom is 0.0707 e. The van der Waals surface area contributed by atoms with Gasteiger partial charge < -0.3 is 5.32 Å². The van der Waals surface area contributed by atoms with Gasteiger partial charge in [-0.05, 0) is 43.1 Å². The third-order valence-corrected chi connectivity index (χ3v) is 3.02. The normalized spacial score (nSPS) is 11.7. The first-order valence-corrected chi connectivity index (χ1v) is 6.98. The van der Waals surface area contributed by atoms with E-state index in [4.69, 9.17) is 0 Å². The van der Waals surface area contributed by atoms with Crippen LogP contribution in [0.4, 0.5) is 0 Å². The van der Waals surface area contributed by atoms with Crippen molar-refractivity contribution in [2.45, 2.75) is 20.3 Å². The van der Waals surface area contributed by atoms with Gasteiger partial charge in [-0.15, -0.1) is 0 Å². The highest BCUT2D eigenvalue weighted by molar-refractivity contribution is 5.87. The maximum absolute atomic E-state index is 4.37. The summed E-state index contributed by atoms with van der Waals surface area (Å²) in [7, 11) is 0. The molecule has 2 heteroatoms. The van der Waals surface area contributed by atoms with Gasteiger partial charge in [0.05, 0.1) is 5.52 Å². The molecule has 1 aromatic carbocycles. The van der Waals surface area contributed by atoms with Gasteiger partial charge in [-0.3, -0.25) is 4.98 Å². The van der Waals surface area contributed by atoms with Crippen molar-refractivity contribution in [3.63, 3.8) is 0 Å². The van der Waals surface area contributed by atoms with Crippen LogP contribution in [0.5, 0.6) is 0 Å². The van der Waals surface area contributed by atoms with Crippen molar-refractivity contribution in [1.29, 1.82) is 0 Å². The molecule has 1 N–H and O–H groups in total. The lowest BCUT2D eigenvalue weighted by atomic mass is 10.1. The Morgan fingerprint density at radius 3 is 2.95 bits per heavy atom. The molecule has 2 nitrogen and oxygen atoms in total. The lowest BCUT2D eigenvalue weighted by molar-refractivity contribution is 0.557. The summed E-state index contributed by atoms with van der Waals surface area (Å²) in [6, 6.07) is 10.4. The zero-order valence-corrected chi connectivity index (χ0v) is 11.8. The average Bonchev–Trinajstić information content (AvgIpc) is 2.42. The second-order valence-corrected chi connectivity index (χ2v) is 5.21. The number of pyridine rings is 1. The lowest BCUT2D eigenvalue weighted by Gasteiger charge is -2.05. The Morgan fingerprint density at radius 2 is 2.11 bits per heavy atom. The Labute approximate surface area is 115 Å². The number of hydrogen-bond acceptors (Lipinski definition) is 2. The van der Waals surface area contributed by atoms with Crippen LogP contribution in [0.25, 0.3) is 17.0 Å². The molecule has 100 valence electrons. The molecule has 0 fully saturated rings. The van der Waals surface area contributed by atoms with Gasteiger partial charge in [0.25, 0.3) is 0 Å². The van der Waals surface area contributed by atoms with Gasteiger partial charge in [0.15, 0.2) is 0 Å². The molecule has 0 radical (unpaired) electrons. The number of benzene rings is 1. The van der Waals surface area contributed by atoms with Gasteiger partial charge in [0.1, 0.15) is 0 Å². The van der Waals surface area contributed by atoms with E-state index < -0.39 is 0 Å². The summed E-state index contributed by atoms with van der Waals surface area (Å²) in [5.41, 5.74) is 2.30. The molecule has 0 spiro atoms. The number of hydrogen-bond donors (Lipinski definition) is 1. The van der Waals surface area contributed by atoms with E-state index in [1.807, 2.05) is 12.3 Å². The molecule has 0 bridgehead atoms. The third kappa shape index (κ3) is 4.18. The molecule has 0 saturated carbocycles. The van der Waals surface area contributed by atoms with E-state index in [2.05, 4.69) is 60.6 Å². The summed E-state index contributed by atoms with van der Waals surface area (Å²) in [5, 5.41) is 4.66. The number of fused-ring (bicyclic) bond motifs is 1. The summed E-state index contributed by atoms with van der Waals surface area (Å²) < 4.78 is 0. The van der Waals surface area contributed by atoms with E-state index in [9.17, 15) is 0 Å². The number of aromatic nitrogens is 1. The fourth-order valence-corrected chi connectivity index (χ4v) is 2.06. The minimum Gasteiger partial charge on any atom is -0.316 e. The van der Waals surface area contributed by atoms with Crippen LogP contribution in [0.1, 0.15) is 25.8 Å². The van der Waals surface area contributed by atoms with Crippen LogP contribution < -0.4 is 5.32 Å². The van der Waals surface area contributed by atoms with Crippen molar-refractivity contribution in [2.24, 2.45) is 5.92 Å². The third-order valence-electron chi connectivity index (χ3n) is 3.02. The standard InChI is InChI=1S/C17H22N2/c1-14(2)13-18-11-4-3-7-15-8-5-10-17-16(15)9-6-12-19-17/h3,5-10,12,14,18H,4,11,13H2,1-2H3/b7-3+. The van der Waals surface area contributed by atoms with Crippen LogP contribution in [-0.2, 0) is 0 Å². The average molecular weight is 254 g/mol. The summed E-state index contributed by atoms with van der Waals surface area (Å²) in [6.45, 7) is 6.58. The fourth-order valence-electron chi connectivity index (χ4n) is 2.06. The minimum atomic E-state index is 0.716. The Morgan fingerprint density at radius 1 is 1.21 bits per heavy atom. The zero-order chi connectivity index (χ0) is 13.5. The summed E-state index contributed by atoms with van der Waals surface area (Å²) >= 11 is 0. The molecule has 0 atom stereocenters. The van der Waals surface area contributed by atoms with Crippen molar-refractivity contribution >= 4 is 17.0 Å². The first kappa shape index (κ1) is 13.8. The predicted molar refractivity (Wildman–Crippen MR) is 83.1 cm³/mol. The van der Waals surface area contributed by atoms with E-state index in [1.165, 1.54) is 10.9 Å². The molecule has 2 aromatic rings. The fraction of sp³-hybridized carbons (Fsp3) is 0.353. The number of nitrogens with zero attached hydrogens (tertiary/aromatic N) is 1. The molecule has 19 heavy (non-hydrogen) atoms. The number of rotatable bonds is 6. The summed E-state index contributed by atoms with van der Waals surface area (Å²) in [4.78, 5) is 4.37. The highest BCUT2D eigenvalue weighted by Crippen LogP contribution is 2.17. The first-order chi connectivity index (χ1) is 9.27. The maximum atomic E-state index is 4.37. The van der Waals surface area contributed by atoms with Crippen LogP contribution in [0, 0.1) is 5.92 Å². The van der Waals surface area contributed by atoms with Gasteiger partial charge in [0.2, 0.25) is 0 Å².